The minimum Gasteiger partial charge on any atom is -0.460 e. The lowest BCUT2D eigenvalue weighted by Crippen LogP contribution is -2.08. The Kier molecular flexibility index (Phi) is 5.50. The fourth-order valence-electron chi connectivity index (χ4n) is 2.11. The number of hydrogen-bond acceptors (Lipinski definition) is 7. The van der Waals surface area contributed by atoms with Gasteiger partial charge >= 0.3 is 5.97 Å². The first-order valence-electron chi connectivity index (χ1n) is 8.03. The molecule has 9 heteroatoms. The van der Waals surface area contributed by atoms with E-state index in [2.05, 4.69) is 20.1 Å². The third kappa shape index (κ3) is 5.18. The molecular formula is C18H16FN5O3. The highest BCUT2D eigenvalue weighted by atomic mass is 19.1. The van der Waals surface area contributed by atoms with Crippen LogP contribution in [-0.4, -0.2) is 36.8 Å². The third-order valence-corrected chi connectivity index (χ3v) is 3.13. The minimum atomic E-state index is -0.508. The fraction of sp³-hybridized carbons (Fsp3) is 0.167. The van der Waals surface area contributed by atoms with Crippen LogP contribution >= 0.6 is 0 Å². The number of halogens is 1. The van der Waals surface area contributed by atoms with Crippen molar-refractivity contribution in [2.24, 2.45) is 0 Å². The Morgan fingerprint density at radius 1 is 1.19 bits per heavy atom. The molecule has 8 nitrogen and oxygen atoms in total. The van der Waals surface area contributed by atoms with Gasteiger partial charge in [0.15, 0.2) is 11.6 Å². The summed E-state index contributed by atoms with van der Waals surface area (Å²) in [7, 11) is 0. The zero-order valence-electron chi connectivity index (χ0n) is 14.6. The topological polar surface area (TPSA) is 92.0 Å². The Balaban J connectivity index is 1.78. The number of benzene rings is 1. The molecule has 3 aromatic rings. The maximum Gasteiger partial charge on any atom is 0.332 e. The summed E-state index contributed by atoms with van der Waals surface area (Å²) in [4.78, 5) is 23.3. The molecule has 0 saturated carbocycles. The average molecular weight is 369 g/mol. The number of hydrogen-bond donors (Lipinski definition) is 0. The second-order valence-corrected chi connectivity index (χ2v) is 5.70. The van der Waals surface area contributed by atoms with Gasteiger partial charge in [-0.1, -0.05) is 0 Å². The quantitative estimate of drug-likeness (QED) is 0.487. The summed E-state index contributed by atoms with van der Waals surface area (Å²) in [5, 5.41) is 4.18. The molecule has 0 amide bonds. The lowest BCUT2D eigenvalue weighted by atomic mass is 10.2. The second kappa shape index (κ2) is 8.17. The minimum absolute atomic E-state index is 0.214. The molecule has 3 rings (SSSR count). The molecule has 0 saturated heterocycles. The van der Waals surface area contributed by atoms with Gasteiger partial charge in [0.2, 0.25) is 0 Å². The summed E-state index contributed by atoms with van der Waals surface area (Å²) >= 11 is 0. The average Bonchev–Trinajstić information content (AvgIpc) is 3.09. The van der Waals surface area contributed by atoms with E-state index in [-0.39, 0.29) is 17.7 Å². The molecule has 0 fully saturated rings. The summed E-state index contributed by atoms with van der Waals surface area (Å²) in [6, 6.07) is 4.10. The van der Waals surface area contributed by atoms with Crippen LogP contribution in [0, 0.1) is 5.82 Å². The lowest BCUT2D eigenvalue weighted by Gasteiger charge is -2.06. The molecule has 0 radical (unpaired) electrons. The van der Waals surface area contributed by atoms with Crippen LogP contribution < -0.4 is 4.74 Å². The van der Waals surface area contributed by atoms with Gasteiger partial charge in [-0.25, -0.2) is 28.8 Å². The van der Waals surface area contributed by atoms with Crippen LogP contribution in [-0.2, 0) is 9.53 Å². The van der Waals surface area contributed by atoms with Crippen molar-refractivity contribution in [3.05, 3.63) is 55.1 Å². The van der Waals surface area contributed by atoms with Crippen molar-refractivity contribution < 1.29 is 18.7 Å². The van der Waals surface area contributed by atoms with Gasteiger partial charge in [-0.2, -0.15) is 0 Å². The molecule has 27 heavy (non-hydrogen) atoms. The number of carbonyl (C=O) groups excluding carboxylic acids is 1. The van der Waals surface area contributed by atoms with Crippen molar-refractivity contribution in [1.29, 1.82) is 0 Å². The van der Waals surface area contributed by atoms with Crippen LogP contribution in [0.25, 0.3) is 17.6 Å². The van der Waals surface area contributed by atoms with Crippen molar-refractivity contribution in [3.8, 4) is 22.9 Å². The first-order valence-corrected chi connectivity index (χ1v) is 8.03. The van der Waals surface area contributed by atoms with Crippen LogP contribution in [0.2, 0.25) is 0 Å². The van der Waals surface area contributed by atoms with Crippen LogP contribution in [0.1, 0.15) is 13.8 Å². The Morgan fingerprint density at radius 2 is 1.96 bits per heavy atom. The predicted octanol–water partition coefficient (Wildman–Crippen LogP) is 3.09. The van der Waals surface area contributed by atoms with E-state index in [1.54, 1.807) is 19.9 Å². The highest BCUT2D eigenvalue weighted by molar-refractivity contribution is 5.85. The predicted molar refractivity (Wildman–Crippen MR) is 94.1 cm³/mol. The first-order chi connectivity index (χ1) is 13.0. The number of ether oxygens (including phenoxy) is 2. The van der Waals surface area contributed by atoms with Gasteiger partial charge in [0.05, 0.1) is 18.5 Å². The van der Waals surface area contributed by atoms with Gasteiger partial charge in [0.1, 0.15) is 24.2 Å². The normalized spacial score (nSPS) is 11.1. The van der Waals surface area contributed by atoms with E-state index >= 15 is 0 Å². The summed E-state index contributed by atoms with van der Waals surface area (Å²) in [6.45, 7) is 3.51. The van der Waals surface area contributed by atoms with E-state index in [9.17, 15) is 9.18 Å². The van der Waals surface area contributed by atoms with Gasteiger partial charge < -0.3 is 9.47 Å². The smallest absolute Gasteiger partial charge is 0.332 e. The van der Waals surface area contributed by atoms with Gasteiger partial charge in [0.25, 0.3) is 0 Å². The Labute approximate surface area is 154 Å². The van der Waals surface area contributed by atoms with Crippen molar-refractivity contribution in [3.63, 3.8) is 0 Å². The number of aromatic nitrogens is 5. The molecule has 138 valence electrons. The number of carbonyl (C=O) groups is 1. The van der Waals surface area contributed by atoms with Gasteiger partial charge in [-0.3, -0.25) is 0 Å². The maximum atomic E-state index is 13.9. The molecule has 1 aromatic carbocycles. The lowest BCUT2D eigenvalue weighted by molar-refractivity contribution is -0.141. The number of rotatable bonds is 6. The number of esters is 1. The highest BCUT2D eigenvalue weighted by Crippen LogP contribution is 2.26. The van der Waals surface area contributed by atoms with Crippen molar-refractivity contribution in [2.75, 3.05) is 0 Å². The van der Waals surface area contributed by atoms with Crippen LogP contribution in [0.3, 0.4) is 0 Å². The summed E-state index contributed by atoms with van der Waals surface area (Å²) < 4.78 is 25.8. The van der Waals surface area contributed by atoms with E-state index in [0.29, 0.717) is 11.3 Å². The Morgan fingerprint density at radius 3 is 2.70 bits per heavy atom. The Bertz CT molecular complexity index is 957. The van der Waals surface area contributed by atoms with Gasteiger partial charge in [-0.05, 0) is 26.0 Å². The van der Waals surface area contributed by atoms with E-state index in [0.717, 1.165) is 0 Å². The summed E-state index contributed by atoms with van der Waals surface area (Å²) in [6.07, 6.45) is 8.11. The molecule has 0 atom stereocenters. The van der Waals surface area contributed by atoms with Gasteiger partial charge in [-0.15, -0.1) is 5.10 Å². The molecule has 0 aliphatic rings. The van der Waals surface area contributed by atoms with Crippen LogP contribution in [0.15, 0.2) is 49.3 Å². The second-order valence-electron chi connectivity index (χ2n) is 5.70. The van der Waals surface area contributed by atoms with E-state index in [1.807, 2.05) is 0 Å². The molecule has 2 aromatic heterocycles. The molecule has 0 aliphatic heterocycles. The third-order valence-electron chi connectivity index (χ3n) is 3.13. The zero-order valence-corrected chi connectivity index (χ0v) is 14.6. The molecular weight excluding hydrogens is 353 g/mol. The van der Waals surface area contributed by atoms with Crippen LogP contribution in [0.5, 0.6) is 11.5 Å². The molecule has 0 N–H and O–H groups in total. The zero-order chi connectivity index (χ0) is 19.2. The molecule has 2 heterocycles. The van der Waals surface area contributed by atoms with Gasteiger partial charge in [0, 0.05) is 23.9 Å². The monoisotopic (exact) mass is 369 g/mol. The summed E-state index contributed by atoms with van der Waals surface area (Å²) in [5.41, 5.74) is 0.416. The SMILES string of the molecule is CC(C)OC(=O)/C=C\n1cnc(-c2cc(F)cc(Oc3cncnc3)c2)n1. The summed E-state index contributed by atoms with van der Waals surface area (Å²) in [5.74, 6) is -0.0998. The van der Waals surface area contributed by atoms with Crippen molar-refractivity contribution >= 4 is 12.2 Å². The van der Waals surface area contributed by atoms with Crippen molar-refractivity contribution in [1.82, 2.24) is 24.7 Å². The molecule has 0 unspecified atom stereocenters. The Hall–Kier alpha value is -3.62. The standard InChI is InChI=1S/C18H16FN5O3/c1-12(2)26-17(25)3-4-24-11-22-18(23-24)13-5-14(19)7-15(6-13)27-16-8-20-10-21-9-16/h3-12H,1-2H3/b4-3-. The van der Waals surface area contributed by atoms with E-state index in [4.69, 9.17) is 9.47 Å². The van der Waals surface area contributed by atoms with Crippen LogP contribution in [0.4, 0.5) is 4.39 Å². The highest BCUT2D eigenvalue weighted by Gasteiger charge is 2.09. The van der Waals surface area contributed by atoms with Crippen molar-refractivity contribution in [2.45, 2.75) is 20.0 Å². The molecule has 0 aliphatic carbocycles. The molecule has 0 bridgehead atoms. The fourth-order valence-corrected chi connectivity index (χ4v) is 2.11. The molecule has 0 spiro atoms. The maximum absolute atomic E-state index is 13.9. The van der Waals surface area contributed by atoms with E-state index in [1.165, 1.54) is 54.1 Å². The first kappa shape index (κ1) is 18.2. The number of nitrogens with zero attached hydrogens (tertiary/aromatic N) is 5. The van der Waals surface area contributed by atoms with E-state index < -0.39 is 11.8 Å². The largest absolute Gasteiger partial charge is 0.460 e.